The molecule has 0 bridgehead atoms. The van der Waals surface area contributed by atoms with Gasteiger partial charge in [-0.05, 0) is 47.6 Å². The fourth-order valence-electron chi connectivity index (χ4n) is 4.67. The Bertz CT molecular complexity index is 1260. The fraction of sp³-hybridized carbons (Fsp3) is 0.333. The number of carbonyl (C=O) groups is 3. The average molecular weight is 516 g/mol. The molecule has 1 saturated heterocycles. The highest BCUT2D eigenvalue weighted by Crippen LogP contribution is 2.33. The van der Waals surface area contributed by atoms with E-state index in [0.717, 1.165) is 11.1 Å². The van der Waals surface area contributed by atoms with Crippen molar-refractivity contribution >= 4 is 23.7 Å². The fourth-order valence-corrected chi connectivity index (χ4v) is 4.67. The van der Waals surface area contributed by atoms with Crippen LogP contribution in [-0.4, -0.2) is 45.5 Å². The number of hydrogen-bond acceptors (Lipinski definition) is 5. The summed E-state index contributed by atoms with van der Waals surface area (Å²) in [6.07, 6.45) is 3.42. The Kier molecular flexibility index (Phi) is 8.10. The van der Waals surface area contributed by atoms with Crippen LogP contribution in [0.25, 0.3) is 0 Å². The van der Waals surface area contributed by atoms with Gasteiger partial charge in [0.2, 0.25) is 0 Å². The number of anilines is 1. The van der Waals surface area contributed by atoms with Crippen LogP contribution in [-0.2, 0) is 26.3 Å². The molecule has 198 valence electrons. The van der Waals surface area contributed by atoms with Crippen LogP contribution in [0.3, 0.4) is 0 Å². The van der Waals surface area contributed by atoms with E-state index in [1.165, 1.54) is 16.0 Å². The highest BCUT2D eigenvalue weighted by atomic mass is 16.6. The van der Waals surface area contributed by atoms with Gasteiger partial charge in [0.15, 0.2) is 6.04 Å². The highest BCUT2D eigenvalue weighted by molar-refractivity contribution is 6.03. The molecule has 2 heterocycles. The molecule has 8 nitrogen and oxygen atoms in total. The minimum Gasteiger partial charge on any atom is -0.479 e. The van der Waals surface area contributed by atoms with Crippen LogP contribution in [0.4, 0.5) is 10.5 Å². The number of aliphatic carboxylic acids is 1. The van der Waals surface area contributed by atoms with E-state index < -0.39 is 30.1 Å². The largest absolute Gasteiger partial charge is 0.479 e. The molecule has 2 aromatic carbocycles. The van der Waals surface area contributed by atoms with Crippen LogP contribution >= 0.6 is 0 Å². The van der Waals surface area contributed by atoms with Crippen molar-refractivity contribution in [1.82, 2.24) is 9.88 Å². The summed E-state index contributed by atoms with van der Waals surface area (Å²) in [5.41, 5.74) is 2.57. The third-order valence-corrected chi connectivity index (χ3v) is 6.72. The summed E-state index contributed by atoms with van der Waals surface area (Å²) in [6.45, 7) is 6.68. The third-order valence-electron chi connectivity index (χ3n) is 6.72. The Balaban J connectivity index is 1.66. The summed E-state index contributed by atoms with van der Waals surface area (Å²) in [6, 6.07) is 17.7. The molecular formula is C30H33N3O5. The predicted molar refractivity (Wildman–Crippen MR) is 144 cm³/mol. The van der Waals surface area contributed by atoms with Crippen molar-refractivity contribution in [3.05, 3.63) is 95.8 Å². The van der Waals surface area contributed by atoms with Crippen LogP contribution in [0.5, 0.6) is 0 Å². The Morgan fingerprint density at radius 2 is 1.76 bits per heavy atom. The minimum atomic E-state index is -1.32. The summed E-state index contributed by atoms with van der Waals surface area (Å²) < 4.78 is 5.51. The maximum Gasteiger partial charge on any atom is 0.410 e. The molecule has 1 aromatic heterocycles. The lowest BCUT2D eigenvalue weighted by atomic mass is 9.87. The van der Waals surface area contributed by atoms with Gasteiger partial charge < -0.3 is 9.84 Å². The summed E-state index contributed by atoms with van der Waals surface area (Å²) in [4.78, 5) is 46.5. The monoisotopic (exact) mass is 515 g/mol. The van der Waals surface area contributed by atoms with Gasteiger partial charge in [-0.1, -0.05) is 69.3 Å². The maximum absolute atomic E-state index is 14.1. The number of ether oxygens (including phenoxy) is 1. The summed E-state index contributed by atoms with van der Waals surface area (Å²) in [7, 11) is 0. The molecule has 1 fully saturated rings. The smallest absolute Gasteiger partial charge is 0.410 e. The van der Waals surface area contributed by atoms with E-state index in [4.69, 9.17) is 4.74 Å². The van der Waals surface area contributed by atoms with E-state index in [0.29, 0.717) is 30.6 Å². The zero-order chi connectivity index (χ0) is 27.3. The number of benzene rings is 2. The normalized spacial score (nSPS) is 16.1. The lowest BCUT2D eigenvalue weighted by molar-refractivity contribution is -0.140. The Morgan fingerprint density at radius 3 is 2.37 bits per heavy atom. The van der Waals surface area contributed by atoms with Gasteiger partial charge in [-0.2, -0.15) is 0 Å². The number of amides is 2. The standard InChI is InChI=1S/C30H33N3O5/c1-30(2,3)23-13-15-24(16-14-23)33(26(28(35)36)22-11-7-17-31-19-22)27(34)25-12-8-18-32(25)29(37)38-20-21-9-5-4-6-10-21/h4-7,9-11,13-17,19,25-26H,8,12,18,20H2,1-3H3,(H,35,36)/t25-,26-/m1/s1. The third kappa shape index (κ3) is 6.02. The van der Waals surface area contributed by atoms with Gasteiger partial charge in [0.05, 0.1) is 0 Å². The second-order valence-electron chi connectivity index (χ2n) is 10.4. The van der Waals surface area contributed by atoms with E-state index in [2.05, 4.69) is 25.8 Å². The number of carbonyl (C=O) groups excluding carboxylic acids is 2. The van der Waals surface area contributed by atoms with Gasteiger partial charge in [0.25, 0.3) is 5.91 Å². The van der Waals surface area contributed by atoms with Gasteiger partial charge in [-0.15, -0.1) is 0 Å². The molecule has 0 aliphatic carbocycles. The first kappa shape index (κ1) is 26.9. The molecule has 1 aliphatic rings. The van der Waals surface area contributed by atoms with Crippen LogP contribution in [0.2, 0.25) is 0 Å². The molecule has 0 saturated carbocycles. The number of carboxylic acids is 1. The lowest BCUT2D eigenvalue weighted by Gasteiger charge is -2.34. The molecular weight excluding hydrogens is 482 g/mol. The Morgan fingerprint density at radius 1 is 1.05 bits per heavy atom. The number of rotatable bonds is 7. The number of likely N-dealkylation sites (tertiary alicyclic amines) is 1. The second-order valence-corrected chi connectivity index (χ2v) is 10.4. The van der Waals surface area contributed by atoms with E-state index in [1.54, 1.807) is 30.5 Å². The molecule has 1 N–H and O–H groups in total. The minimum absolute atomic E-state index is 0.0858. The summed E-state index contributed by atoms with van der Waals surface area (Å²) >= 11 is 0. The molecule has 1 aliphatic heterocycles. The zero-order valence-corrected chi connectivity index (χ0v) is 21.9. The highest BCUT2D eigenvalue weighted by Gasteiger charge is 2.42. The SMILES string of the molecule is CC(C)(C)c1ccc(N(C(=O)[C@H]2CCCN2C(=O)OCc2ccccc2)[C@@H](C(=O)O)c2cccnc2)cc1. The molecule has 3 aromatic rings. The lowest BCUT2D eigenvalue weighted by Crippen LogP contribution is -2.50. The quantitative estimate of drug-likeness (QED) is 0.456. The number of hydrogen-bond donors (Lipinski definition) is 1. The van der Waals surface area contributed by atoms with Gasteiger partial charge in [-0.3, -0.25) is 19.6 Å². The van der Waals surface area contributed by atoms with Crippen molar-refractivity contribution in [3.63, 3.8) is 0 Å². The second kappa shape index (κ2) is 11.5. The molecule has 2 amide bonds. The summed E-state index contributed by atoms with van der Waals surface area (Å²) in [5.74, 6) is -1.67. The van der Waals surface area contributed by atoms with Crippen molar-refractivity contribution in [2.45, 2.75) is 57.7 Å². The van der Waals surface area contributed by atoms with Gasteiger partial charge in [0, 0.05) is 30.2 Å². The molecule has 0 radical (unpaired) electrons. The maximum atomic E-state index is 14.1. The van der Waals surface area contributed by atoms with Crippen LogP contribution < -0.4 is 4.90 Å². The van der Waals surface area contributed by atoms with E-state index in [-0.39, 0.29) is 12.0 Å². The molecule has 0 unspecified atom stereocenters. The van der Waals surface area contributed by atoms with Crippen LogP contribution in [0.15, 0.2) is 79.1 Å². The number of carboxylic acid groups (broad SMARTS) is 1. The van der Waals surface area contributed by atoms with Crippen molar-refractivity contribution in [1.29, 1.82) is 0 Å². The van der Waals surface area contributed by atoms with Crippen LogP contribution in [0.1, 0.15) is 56.3 Å². The molecule has 8 heteroatoms. The zero-order valence-electron chi connectivity index (χ0n) is 21.9. The first-order chi connectivity index (χ1) is 18.2. The summed E-state index contributed by atoms with van der Waals surface area (Å²) in [5, 5.41) is 10.3. The van der Waals surface area contributed by atoms with E-state index >= 15 is 0 Å². The number of nitrogens with zero attached hydrogens (tertiary/aromatic N) is 3. The first-order valence-electron chi connectivity index (χ1n) is 12.7. The molecule has 0 spiro atoms. The number of aromatic nitrogens is 1. The van der Waals surface area contributed by atoms with Crippen molar-refractivity contribution in [2.24, 2.45) is 0 Å². The van der Waals surface area contributed by atoms with Crippen molar-refractivity contribution in [2.75, 3.05) is 11.4 Å². The van der Waals surface area contributed by atoms with Gasteiger partial charge in [-0.25, -0.2) is 9.59 Å². The number of pyridine rings is 1. The van der Waals surface area contributed by atoms with Gasteiger partial charge >= 0.3 is 12.1 Å². The van der Waals surface area contributed by atoms with Crippen molar-refractivity contribution in [3.8, 4) is 0 Å². The first-order valence-corrected chi connectivity index (χ1v) is 12.7. The van der Waals surface area contributed by atoms with Crippen LogP contribution in [0, 0.1) is 0 Å². The average Bonchev–Trinajstić information content (AvgIpc) is 3.41. The molecule has 38 heavy (non-hydrogen) atoms. The Labute approximate surface area is 222 Å². The molecule has 2 atom stereocenters. The van der Waals surface area contributed by atoms with Crippen molar-refractivity contribution < 1.29 is 24.2 Å². The van der Waals surface area contributed by atoms with E-state index in [9.17, 15) is 19.5 Å². The van der Waals surface area contributed by atoms with E-state index in [1.807, 2.05) is 42.5 Å². The molecule has 4 rings (SSSR count). The topological polar surface area (TPSA) is 100 Å². The predicted octanol–water partition coefficient (Wildman–Crippen LogP) is 5.34. The Hall–Kier alpha value is -4.20. The van der Waals surface area contributed by atoms with Gasteiger partial charge in [0.1, 0.15) is 12.6 Å².